The first kappa shape index (κ1) is 34.0. The number of unbranched alkanes of at least 4 members (excludes halogenated alkanes) is 3. The molecule has 4 unspecified atom stereocenters. The van der Waals surface area contributed by atoms with Gasteiger partial charge in [0.05, 0.1) is 18.8 Å². The van der Waals surface area contributed by atoms with Gasteiger partial charge in [-0.25, -0.2) is 0 Å². The largest absolute Gasteiger partial charge is 0.462 e. The molecule has 2 rings (SSSR count). The van der Waals surface area contributed by atoms with Crippen molar-refractivity contribution in [3.8, 4) is 0 Å². The van der Waals surface area contributed by atoms with Gasteiger partial charge in [-0.3, -0.25) is 9.59 Å². The minimum atomic E-state index is -0.830. The molecule has 0 aromatic heterocycles. The fourth-order valence-electron chi connectivity index (χ4n) is 5.07. The smallest absolute Gasteiger partial charge is 0.306 e. The molecule has 0 bridgehead atoms. The number of aliphatic hydroxyl groups excluding tert-OH is 2. The van der Waals surface area contributed by atoms with Crippen LogP contribution in [0.4, 0.5) is 0 Å². The number of carbonyl (C=O) groups is 2. The molecular formula is C31H46N2O8. The molecule has 228 valence electrons. The van der Waals surface area contributed by atoms with E-state index in [0.717, 1.165) is 24.8 Å². The van der Waals surface area contributed by atoms with Crippen LogP contribution in [0.25, 0.3) is 0 Å². The Labute approximate surface area is 242 Å². The first-order chi connectivity index (χ1) is 19.8. The Morgan fingerprint density at radius 3 is 2.66 bits per heavy atom. The molecule has 0 aliphatic heterocycles. The molecule has 0 saturated heterocycles. The van der Waals surface area contributed by atoms with E-state index in [0.29, 0.717) is 51.5 Å². The van der Waals surface area contributed by atoms with Gasteiger partial charge in [0.15, 0.2) is 0 Å². The summed E-state index contributed by atoms with van der Waals surface area (Å²) in [5.74, 6) is -0.766. The predicted molar refractivity (Wildman–Crippen MR) is 155 cm³/mol. The molecule has 0 heterocycles. The highest BCUT2D eigenvalue weighted by Crippen LogP contribution is 2.38. The Balaban J connectivity index is 1.93. The van der Waals surface area contributed by atoms with Crippen molar-refractivity contribution < 1.29 is 34.5 Å². The summed E-state index contributed by atoms with van der Waals surface area (Å²) in [6.07, 6.45) is 11.7. The molecular weight excluding hydrogens is 528 g/mol. The highest BCUT2D eigenvalue weighted by atomic mass is 16.9. The fourth-order valence-corrected chi connectivity index (χ4v) is 5.07. The number of aryl methyl sites for hydroxylation is 1. The normalized spacial score (nSPS) is 21.2. The Hall–Kier alpha value is -3.24. The number of benzene rings is 1. The zero-order valence-electron chi connectivity index (χ0n) is 24.1. The second-order valence-electron chi connectivity index (χ2n) is 10.5. The van der Waals surface area contributed by atoms with Crippen molar-refractivity contribution in [2.45, 2.75) is 95.9 Å². The first-order valence-corrected chi connectivity index (χ1v) is 14.8. The summed E-state index contributed by atoms with van der Waals surface area (Å²) in [7, 11) is 0. The number of aliphatic hydroxyl groups is 2. The van der Waals surface area contributed by atoms with Crippen molar-refractivity contribution in [2.24, 2.45) is 11.8 Å². The maximum Gasteiger partial charge on any atom is 0.306 e. The van der Waals surface area contributed by atoms with E-state index in [1.54, 1.807) is 6.08 Å². The number of hydrogen-bond acceptors (Lipinski definition) is 8. The van der Waals surface area contributed by atoms with Gasteiger partial charge in [-0.2, -0.15) is 0 Å². The van der Waals surface area contributed by atoms with Crippen LogP contribution in [0, 0.1) is 22.0 Å². The van der Waals surface area contributed by atoms with Crippen LogP contribution in [0.3, 0.4) is 0 Å². The monoisotopic (exact) mass is 574 g/mol. The average molecular weight is 575 g/mol. The van der Waals surface area contributed by atoms with Gasteiger partial charge in [-0.15, -0.1) is 10.1 Å². The highest BCUT2D eigenvalue weighted by Gasteiger charge is 2.42. The van der Waals surface area contributed by atoms with Crippen molar-refractivity contribution in [3.05, 3.63) is 70.3 Å². The van der Waals surface area contributed by atoms with E-state index < -0.39 is 23.4 Å². The predicted octanol–water partition coefficient (Wildman–Crippen LogP) is 4.47. The van der Waals surface area contributed by atoms with E-state index in [2.05, 4.69) is 10.2 Å². The summed E-state index contributed by atoms with van der Waals surface area (Å²) in [5.41, 5.74) is 1.14. The molecule has 3 N–H and O–H groups in total. The summed E-state index contributed by atoms with van der Waals surface area (Å²) in [6, 6.07) is 9.93. The van der Waals surface area contributed by atoms with Crippen molar-refractivity contribution in [3.63, 3.8) is 0 Å². The van der Waals surface area contributed by atoms with Gasteiger partial charge in [-0.1, -0.05) is 61.1 Å². The lowest BCUT2D eigenvalue weighted by atomic mass is 9.89. The molecule has 0 spiro atoms. The zero-order valence-corrected chi connectivity index (χ0v) is 24.1. The molecule has 1 aliphatic carbocycles. The van der Waals surface area contributed by atoms with Crippen LogP contribution >= 0.6 is 0 Å². The molecule has 1 saturated carbocycles. The van der Waals surface area contributed by atoms with E-state index in [4.69, 9.17) is 4.74 Å². The fraction of sp³-hybridized carbons (Fsp3) is 0.613. The standard InChI is InChI=1S/C31H46N2O8/c1-2-32-30(36)16-10-4-3-9-15-26-27(21-20-25(34)19-18-24-13-7-5-8-14-24)29(23-28(26)35)41-31(37)17-11-6-12-22-40-33(38)39/h3,5,7-9,13-14,20-21,25-29,34-35H,2,4,6,10-12,15-19,22-23H2,1H3,(H,32,36)/t25-,26?,27?,28?,29?/m0/s1. The molecule has 5 atom stereocenters. The van der Waals surface area contributed by atoms with Crippen LogP contribution in [-0.2, 0) is 25.6 Å². The summed E-state index contributed by atoms with van der Waals surface area (Å²) in [4.78, 5) is 38.7. The van der Waals surface area contributed by atoms with Gasteiger partial charge in [0, 0.05) is 31.7 Å². The van der Waals surface area contributed by atoms with Crippen molar-refractivity contribution in [1.82, 2.24) is 5.32 Å². The number of allylic oxidation sites excluding steroid dienone is 2. The van der Waals surface area contributed by atoms with E-state index in [9.17, 15) is 29.9 Å². The third-order valence-electron chi connectivity index (χ3n) is 7.25. The third kappa shape index (κ3) is 14.3. The highest BCUT2D eigenvalue weighted by molar-refractivity contribution is 5.75. The SMILES string of the molecule is CCNC(=O)CCCC=CCC1C(O)CC(OC(=O)CCCCCO[N+](=O)[O-])C1C=C[C@@H](O)CCc1ccccc1. The molecule has 1 fully saturated rings. The van der Waals surface area contributed by atoms with Crippen LogP contribution in [0.2, 0.25) is 0 Å². The van der Waals surface area contributed by atoms with Crippen LogP contribution in [0.1, 0.15) is 76.7 Å². The number of amides is 1. The molecule has 10 heteroatoms. The van der Waals surface area contributed by atoms with Crippen LogP contribution < -0.4 is 5.32 Å². The molecule has 1 amide bonds. The van der Waals surface area contributed by atoms with Crippen molar-refractivity contribution >= 4 is 11.9 Å². The van der Waals surface area contributed by atoms with Crippen molar-refractivity contribution in [2.75, 3.05) is 13.2 Å². The maximum atomic E-state index is 12.6. The lowest BCUT2D eigenvalue weighted by Crippen LogP contribution is -2.25. The third-order valence-corrected chi connectivity index (χ3v) is 7.25. The number of nitrogens with one attached hydrogen (secondary N) is 1. The number of nitrogens with zero attached hydrogens (tertiary/aromatic N) is 1. The summed E-state index contributed by atoms with van der Waals surface area (Å²) >= 11 is 0. The Morgan fingerprint density at radius 2 is 1.93 bits per heavy atom. The minimum Gasteiger partial charge on any atom is -0.462 e. The second kappa shape index (κ2) is 19.8. The summed E-state index contributed by atoms with van der Waals surface area (Å²) in [5, 5.41) is 33.7. The van der Waals surface area contributed by atoms with E-state index in [-0.39, 0.29) is 36.7 Å². The second-order valence-corrected chi connectivity index (χ2v) is 10.5. The van der Waals surface area contributed by atoms with Crippen LogP contribution in [-0.4, -0.2) is 58.6 Å². The van der Waals surface area contributed by atoms with E-state index in [1.807, 2.05) is 55.5 Å². The van der Waals surface area contributed by atoms with Gasteiger partial charge in [0.25, 0.3) is 5.09 Å². The quantitative estimate of drug-likeness (QED) is 0.0679. The number of hydrogen-bond donors (Lipinski definition) is 3. The first-order valence-electron chi connectivity index (χ1n) is 14.8. The van der Waals surface area contributed by atoms with Gasteiger partial charge < -0.3 is 25.1 Å². The van der Waals surface area contributed by atoms with Gasteiger partial charge in [-0.05, 0) is 63.4 Å². The average Bonchev–Trinajstić information content (AvgIpc) is 3.23. The molecule has 1 aromatic rings. The zero-order chi connectivity index (χ0) is 29.9. The number of esters is 1. The molecule has 0 radical (unpaired) electrons. The van der Waals surface area contributed by atoms with Gasteiger partial charge >= 0.3 is 5.97 Å². The summed E-state index contributed by atoms with van der Waals surface area (Å²) in [6.45, 7) is 2.51. The topological polar surface area (TPSA) is 148 Å². The molecule has 41 heavy (non-hydrogen) atoms. The lowest BCUT2D eigenvalue weighted by molar-refractivity contribution is -0.757. The Kier molecular flexibility index (Phi) is 16.4. The van der Waals surface area contributed by atoms with Crippen LogP contribution in [0.5, 0.6) is 0 Å². The van der Waals surface area contributed by atoms with E-state index in [1.165, 1.54) is 0 Å². The number of carbonyl (C=O) groups excluding carboxylic acids is 2. The summed E-state index contributed by atoms with van der Waals surface area (Å²) < 4.78 is 5.79. The van der Waals surface area contributed by atoms with Gasteiger partial charge in [0.1, 0.15) is 6.10 Å². The maximum absolute atomic E-state index is 12.6. The van der Waals surface area contributed by atoms with Gasteiger partial charge in [0.2, 0.25) is 5.91 Å². The Bertz CT molecular complexity index is 968. The molecule has 1 aromatic carbocycles. The van der Waals surface area contributed by atoms with Crippen LogP contribution in [0.15, 0.2) is 54.6 Å². The molecule has 1 aliphatic rings. The van der Waals surface area contributed by atoms with E-state index >= 15 is 0 Å². The minimum absolute atomic E-state index is 0.00251. The Morgan fingerprint density at radius 1 is 1.15 bits per heavy atom. The number of rotatable bonds is 20. The molecule has 10 nitrogen and oxygen atoms in total. The number of ether oxygens (including phenoxy) is 1. The lowest BCUT2D eigenvalue weighted by Gasteiger charge is -2.22. The van der Waals surface area contributed by atoms with Crippen molar-refractivity contribution in [1.29, 1.82) is 0 Å².